The van der Waals surface area contributed by atoms with Crippen molar-refractivity contribution in [3.05, 3.63) is 17.7 Å². The minimum Gasteiger partial charge on any atom is -0.348 e. The number of aromatic amines is 1. The first-order valence-electron chi connectivity index (χ1n) is 6.14. The van der Waals surface area contributed by atoms with Crippen molar-refractivity contribution in [1.82, 2.24) is 15.3 Å². The highest BCUT2D eigenvalue weighted by molar-refractivity contribution is 5.27. The van der Waals surface area contributed by atoms with Gasteiger partial charge in [-0.05, 0) is 18.8 Å². The summed E-state index contributed by atoms with van der Waals surface area (Å²) in [5.41, 5.74) is 2.90. The van der Waals surface area contributed by atoms with E-state index in [1.165, 1.54) is 37.1 Å². The van der Waals surface area contributed by atoms with Crippen LogP contribution >= 0.6 is 0 Å². The van der Waals surface area contributed by atoms with Gasteiger partial charge in [0.05, 0.1) is 17.6 Å². The fourth-order valence-electron chi connectivity index (χ4n) is 3.57. The largest absolute Gasteiger partial charge is 0.348 e. The minimum atomic E-state index is 0.211. The van der Waals surface area contributed by atoms with Crippen LogP contribution in [0.4, 0.5) is 0 Å². The molecule has 1 fully saturated rings. The molecule has 0 aromatic carbocycles. The minimum absolute atomic E-state index is 0.211. The molecule has 1 saturated carbocycles. The molecule has 0 unspecified atom stereocenters. The molecule has 15 heavy (non-hydrogen) atoms. The topological polar surface area (TPSA) is 40.7 Å². The van der Waals surface area contributed by atoms with Crippen molar-refractivity contribution in [3.63, 3.8) is 0 Å². The van der Waals surface area contributed by atoms with Gasteiger partial charge in [-0.25, -0.2) is 4.98 Å². The Morgan fingerprint density at radius 2 is 2.53 bits per heavy atom. The number of H-pyrrole nitrogens is 1. The summed E-state index contributed by atoms with van der Waals surface area (Å²) in [4.78, 5) is 7.87. The molecule has 2 atom stereocenters. The third-order valence-corrected chi connectivity index (χ3v) is 4.27. The van der Waals surface area contributed by atoms with Crippen LogP contribution < -0.4 is 5.32 Å². The third-order valence-electron chi connectivity index (χ3n) is 4.27. The van der Waals surface area contributed by atoms with Gasteiger partial charge in [0.1, 0.15) is 0 Å². The summed E-state index contributed by atoms with van der Waals surface area (Å²) < 4.78 is 0. The zero-order valence-electron chi connectivity index (χ0n) is 9.34. The summed E-state index contributed by atoms with van der Waals surface area (Å²) in [6.45, 7) is 3.41. The lowest BCUT2D eigenvalue weighted by Gasteiger charge is -2.39. The van der Waals surface area contributed by atoms with Gasteiger partial charge in [0.15, 0.2) is 0 Å². The van der Waals surface area contributed by atoms with E-state index < -0.39 is 0 Å². The molecular formula is C12H19N3. The first-order valence-corrected chi connectivity index (χ1v) is 6.14. The van der Waals surface area contributed by atoms with Crippen LogP contribution in [0.1, 0.15) is 44.0 Å². The van der Waals surface area contributed by atoms with Crippen LogP contribution in [0.2, 0.25) is 0 Å². The molecular weight excluding hydrogens is 186 g/mol. The number of aromatic nitrogens is 2. The van der Waals surface area contributed by atoms with E-state index in [0.717, 1.165) is 18.9 Å². The van der Waals surface area contributed by atoms with Crippen LogP contribution in [0.5, 0.6) is 0 Å². The van der Waals surface area contributed by atoms with Gasteiger partial charge in [0.2, 0.25) is 0 Å². The number of fused-ring (bicyclic) bond motifs is 2. The first kappa shape index (κ1) is 9.40. The molecule has 1 aromatic rings. The molecule has 3 rings (SSSR count). The second-order valence-electron chi connectivity index (χ2n) is 4.88. The summed E-state index contributed by atoms with van der Waals surface area (Å²) >= 11 is 0. The molecule has 0 saturated heterocycles. The Balaban J connectivity index is 2.06. The zero-order valence-corrected chi connectivity index (χ0v) is 9.34. The maximum absolute atomic E-state index is 4.57. The van der Waals surface area contributed by atoms with Gasteiger partial charge in [0, 0.05) is 18.7 Å². The second-order valence-corrected chi connectivity index (χ2v) is 4.88. The molecule has 3 nitrogen and oxygen atoms in total. The predicted octanol–water partition coefficient (Wildman–Crippen LogP) is 1.96. The van der Waals surface area contributed by atoms with Gasteiger partial charge >= 0.3 is 0 Å². The van der Waals surface area contributed by atoms with E-state index in [4.69, 9.17) is 0 Å². The van der Waals surface area contributed by atoms with Gasteiger partial charge in [-0.1, -0.05) is 19.8 Å². The van der Waals surface area contributed by atoms with Crippen LogP contribution in [0.25, 0.3) is 0 Å². The fourth-order valence-corrected chi connectivity index (χ4v) is 3.57. The number of nitrogens with zero attached hydrogens (tertiary/aromatic N) is 1. The summed E-state index contributed by atoms with van der Waals surface area (Å²) in [6, 6.07) is 0. The van der Waals surface area contributed by atoms with Gasteiger partial charge < -0.3 is 10.3 Å². The quantitative estimate of drug-likeness (QED) is 0.736. The van der Waals surface area contributed by atoms with Crippen molar-refractivity contribution in [2.75, 3.05) is 6.54 Å². The molecule has 3 heteroatoms. The average molecular weight is 205 g/mol. The van der Waals surface area contributed by atoms with Crippen LogP contribution in [-0.4, -0.2) is 16.5 Å². The van der Waals surface area contributed by atoms with E-state index in [1.54, 1.807) is 0 Å². The van der Waals surface area contributed by atoms with Gasteiger partial charge in [-0.3, -0.25) is 0 Å². The molecule has 1 aliphatic heterocycles. The lowest BCUT2D eigenvalue weighted by atomic mass is 9.79. The highest BCUT2D eigenvalue weighted by Gasteiger charge is 2.47. The molecule has 82 valence electrons. The number of nitrogens with one attached hydrogen (secondary N) is 2. The van der Waals surface area contributed by atoms with E-state index in [0.29, 0.717) is 0 Å². The van der Waals surface area contributed by atoms with E-state index in [9.17, 15) is 0 Å². The third kappa shape index (κ3) is 1.19. The second kappa shape index (κ2) is 3.34. The van der Waals surface area contributed by atoms with E-state index in [1.807, 2.05) is 6.33 Å². The first-order chi connectivity index (χ1) is 7.37. The Kier molecular flexibility index (Phi) is 2.09. The maximum Gasteiger partial charge on any atom is 0.0926 e. The van der Waals surface area contributed by atoms with E-state index in [-0.39, 0.29) is 5.54 Å². The van der Waals surface area contributed by atoms with Crippen molar-refractivity contribution in [2.24, 2.45) is 5.92 Å². The van der Waals surface area contributed by atoms with Gasteiger partial charge in [-0.15, -0.1) is 0 Å². The normalized spacial score (nSPS) is 34.6. The average Bonchev–Trinajstić information content (AvgIpc) is 2.85. The Hall–Kier alpha value is -0.830. The van der Waals surface area contributed by atoms with Crippen molar-refractivity contribution < 1.29 is 0 Å². The lowest BCUT2D eigenvalue weighted by molar-refractivity contribution is 0.222. The Morgan fingerprint density at radius 3 is 3.40 bits per heavy atom. The highest BCUT2D eigenvalue weighted by atomic mass is 15.1. The molecule has 2 heterocycles. The number of imidazole rings is 1. The zero-order chi connectivity index (χ0) is 10.3. The number of rotatable bonds is 1. The Bertz CT molecular complexity index is 358. The lowest BCUT2D eigenvalue weighted by Crippen LogP contribution is -2.49. The van der Waals surface area contributed by atoms with Crippen LogP contribution in [0.15, 0.2) is 6.33 Å². The molecule has 2 aliphatic rings. The van der Waals surface area contributed by atoms with E-state index in [2.05, 4.69) is 22.2 Å². The molecule has 0 amide bonds. The molecule has 2 N–H and O–H groups in total. The predicted molar refractivity (Wildman–Crippen MR) is 59.6 cm³/mol. The summed E-state index contributed by atoms with van der Waals surface area (Å²) in [6.07, 6.45) is 8.20. The highest BCUT2D eigenvalue weighted by Crippen LogP contribution is 2.46. The molecule has 0 bridgehead atoms. The molecule has 1 aliphatic carbocycles. The van der Waals surface area contributed by atoms with E-state index >= 15 is 0 Å². The van der Waals surface area contributed by atoms with Crippen LogP contribution in [0.3, 0.4) is 0 Å². The van der Waals surface area contributed by atoms with Crippen molar-refractivity contribution in [2.45, 2.75) is 44.6 Å². The molecule has 1 aromatic heterocycles. The SMILES string of the molecule is CC[C@@H]1CCC[C@]12NCCc1[nH]cnc12. The number of hydrogen-bond acceptors (Lipinski definition) is 2. The molecule has 1 spiro atoms. The van der Waals surface area contributed by atoms with Crippen LogP contribution in [0, 0.1) is 5.92 Å². The van der Waals surface area contributed by atoms with Crippen molar-refractivity contribution >= 4 is 0 Å². The smallest absolute Gasteiger partial charge is 0.0926 e. The summed E-state index contributed by atoms with van der Waals surface area (Å²) in [5, 5.41) is 3.76. The Labute approximate surface area is 90.7 Å². The van der Waals surface area contributed by atoms with Crippen LogP contribution in [-0.2, 0) is 12.0 Å². The monoisotopic (exact) mass is 205 g/mol. The summed E-state index contributed by atoms with van der Waals surface area (Å²) in [5.74, 6) is 0.778. The van der Waals surface area contributed by atoms with Crippen molar-refractivity contribution in [3.8, 4) is 0 Å². The fraction of sp³-hybridized carbons (Fsp3) is 0.750. The van der Waals surface area contributed by atoms with Gasteiger partial charge in [0.25, 0.3) is 0 Å². The van der Waals surface area contributed by atoms with Crippen molar-refractivity contribution in [1.29, 1.82) is 0 Å². The Morgan fingerprint density at radius 1 is 1.60 bits per heavy atom. The van der Waals surface area contributed by atoms with Gasteiger partial charge in [-0.2, -0.15) is 0 Å². The molecule has 0 radical (unpaired) electrons. The summed E-state index contributed by atoms with van der Waals surface area (Å²) in [7, 11) is 0. The maximum atomic E-state index is 4.57. The standard InChI is InChI=1S/C12H19N3/c1-2-9-4-3-6-12(9)11-10(5-7-15-12)13-8-14-11/h8-9,15H,2-7H2,1H3,(H,13,14)/t9-,12+/m1/s1. The number of hydrogen-bond donors (Lipinski definition) is 2.